The maximum absolute atomic E-state index is 13.3. The summed E-state index contributed by atoms with van der Waals surface area (Å²) in [7, 11) is -2.39. The average Bonchev–Trinajstić information content (AvgIpc) is 2.81. The van der Waals surface area contributed by atoms with E-state index in [1.54, 1.807) is 82.5 Å². The van der Waals surface area contributed by atoms with Crippen LogP contribution in [-0.4, -0.2) is 37.0 Å². The summed E-state index contributed by atoms with van der Waals surface area (Å²) >= 11 is 0. The Bertz CT molecular complexity index is 975. The van der Waals surface area contributed by atoms with Crippen LogP contribution in [-0.2, 0) is 14.8 Å². The summed E-state index contributed by atoms with van der Waals surface area (Å²) in [6.07, 6.45) is 0. The molecule has 1 atom stereocenters. The van der Waals surface area contributed by atoms with Crippen molar-refractivity contribution < 1.29 is 17.9 Å². The van der Waals surface area contributed by atoms with Gasteiger partial charge in [0.05, 0.1) is 18.3 Å². The number of hydrogen-bond acceptors (Lipinski definition) is 5. The van der Waals surface area contributed by atoms with E-state index >= 15 is 0 Å². The summed E-state index contributed by atoms with van der Waals surface area (Å²) in [6.45, 7) is 5.09. The first-order chi connectivity index (χ1) is 12.7. The lowest BCUT2D eigenvalue weighted by atomic mass is 10.0. The molecule has 27 heavy (non-hydrogen) atoms. The molecule has 2 aromatic rings. The second kappa shape index (κ2) is 6.81. The van der Waals surface area contributed by atoms with E-state index in [-0.39, 0.29) is 5.71 Å². The molecule has 0 bridgehead atoms. The molecule has 1 aliphatic heterocycles. The molecule has 0 saturated carbocycles. The third kappa shape index (κ3) is 3.47. The number of carbonyl (C=O) groups excluding carboxylic acids is 1. The molecular weight excluding hydrogens is 364 g/mol. The highest BCUT2D eigenvalue weighted by atomic mass is 32.2. The van der Waals surface area contributed by atoms with Crippen molar-refractivity contribution in [3.63, 3.8) is 0 Å². The zero-order valence-corrected chi connectivity index (χ0v) is 16.5. The zero-order valence-electron chi connectivity index (χ0n) is 15.7. The molecule has 1 amide bonds. The van der Waals surface area contributed by atoms with Gasteiger partial charge in [0.1, 0.15) is 11.5 Å². The topological polar surface area (TPSA) is 76.0 Å². The SMILES string of the molecule is COc1ccc(N=C2C(=O)N(C(C)(C)C)S(=O)(=O)C2c2ccccc2)cc1. The molecule has 1 fully saturated rings. The lowest BCUT2D eigenvalue weighted by Gasteiger charge is -2.30. The fourth-order valence-corrected chi connectivity index (χ4v) is 5.36. The van der Waals surface area contributed by atoms with E-state index in [9.17, 15) is 13.2 Å². The Balaban J connectivity index is 2.19. The fraction of sp³-hybridized carbons (Fsp3) is 0.300. The number of methoxy groups -OCH3 is 1. The molecule has 142 valence electrons. The van der Waals surface area contributed by atoms with Crippen molar-refractivity contribution in [1.82, 2.24) is 4.31 Å². The molecule has 2 aromatic carbocycles. The highest BCUT2D eigenvalue weighted by Gasteiger charge is 2.54. The van der Waals surface area contributed by atoms with Crippen LogP contribution in [0.4, 0.5) is 5.69 Å². The van der Waals surface area contributed by atoms with Crippen LogP contribution in [0.3, 0.4) is 0 Å². The summed E-state index contributed by atoms with van der Waals surface area (Å²) in [4.78, 5) is 17.5. The number of ether oxygens (including phenoxy) is 1. The first kappa shape index (κ1) is 19.1. The number of amides is 1. The highest BCUT2D eigenvalue weighted by Crippen LogP contribution is 2.39. The minimum Gasteiger partial charge on any atom is -0.497 e. The van der Waals surface area contributed by atoms with Crippen LogP contribution in [0.1, 0.15) is 31.6 Å². The van der Waals surface area contributed by atoms with Crippen molar-refractivity contribution in [3.05, 3.63) is 60.2 Å². The quantitative estimate of drug-likeness (QED) is 0.809. The zero-order chi connectivity index (χ0) is 19.8. The van der Waals surface area contributed by atoms with E-state index < -0.39 is 26.7 Å². The van der Waals surface area contributed by atoms with Crippen molar-refractivity contribution in [2.75, 3.05) is 7.11 Å². The van der Waals surface area contributed by atoms with Gasteiger partial charge in [0.25, 0.3) is 15.9 Å². The van der Waals surface area contributed by atoms with Gasteiger partial charge in [0.15, 0.2) is 5.25 Å². The van der Waals surface area contributed by atoms with Gasteiger partial charge in [-0.25, -0.2) is 17.7 Å². The van der Waals surface area contributed by atoms with E-state index in [0.29, 0.717) is 17.0 Å². The molecule has 1 saturated heterocycles. The van der Waals surface area contributed by atoms with Crippen molar-refractivity contribution in [3.8, 4) is 5.75 Å². The maximum atomic E-state index is 13.3. The third-order valence-electron chi connectivity index (χ3n) is 4.24. The Hall–Kier alpha value is -2.67. The van der Waals surface area contributed by atoms with Gasteiger partial charge >= 0.3 is 0 Å². The molecule has 0 N–H and O–H groups in total. The summed E-state index contributed by atoms with van der Waals surface area (Å²) in [5, 5.41) is -1.13. The van der Waals surface area contributed by atoms with E-state index in [4.69, 9.17) is 4.74 Å². The molecule has 0 aliphatic carbocycles. The molecule has 7 heteroatoms. The van der Waals surface area contributed by atoms with Crippen LogP contribution < -0.4 is 4.74 Å². The van der Waals surface area contributed by atoms with E-state index in [0.717, 1.165) is 4.31 Å². The van der Waals surface area contributed by atoms with Crippen LogP contribution in [0.25, 0.3) is 0 Å². The van der Waals surface area contributed by atoms with Crippen LogP contribution >= 0.6 is 0 Å². The van der Waals surface area contributed by atoms with Crippen LogP contribution in [0.15, 0.2) is 59.6 Å². The summed E-state index contributed by atoms with van der Waals surface area (Å²) in [5.41, 5.74) is 0.123. The van der Waals surface area contributed by atoms with Crippen molar-refractivity contribution >= 4 is 27.3 Å². The van der Waals surface area contributed by atoms with Gasteiger partial charge in [-0.3, -0.25) is 4.79 Å². The number of aliphatic imine (C=N–C) groups is 1. The van der Waals surface area contributed by atoms with Crippen LogP contribution in [0, 0.1) is 0 Å². The van der Waals surface area contributed by atoms with Crippen molar-refractivity contribution in [2.45, 2.75) is 31.6 Å². The molecular formula is C20H22N2O4S. The molecule has 6 nitrogen and oxygen atoms in total. The number of hydrogen-bond donors (Lipinski definition) is 0. The van der Waals surface area contributed by atoms with Gasteiger partial charge in [0.2, 0.25) is 0 Å². The van der Waals surface area contributed by atoms with Gasteiger partial charge in [-0.05, 0) is 50.6 Å². The normalized spacial score (nSPS) is 20.9. The van der Waals surface area contributed by atoms with E-state index in [1.807, 2.05) is 0 Å². The van der Waals surface area contributed by atoms with Gasteiger partial charge in [-0.15, -0.1) is 0 Å². The molecule has 0 spiro atoms. The molecule has 1 aliphatic rings. The van der Waals surface area contributed by atoms with E-state index in [1.165, 1.54) is 0 Å². The molecule has 0 radical (unpaired) electrons. The lowest BCUT2D eigenvalue weighted by Crippen LogP contribution is -2.45. The summed E-state index contributed by atoms with van der Waals surface area (Å²) < 4.78 is 32.6. The number of benzene rings is 2. The third-order valence-corrected chi connectivity index (χ3v) is 6.55. The predicted molar refractivity (Wildman–Crippen MR) is 105 cm³/mol. The molecule has 0 aromatic heterocycles. The smallest absolute Gasteiger partial charge is 0.284 e. The maximum Gasteiger partial charge on any atom is 0.284 e. The Labute approximate surface area is 159 Å². The minimum absolute atomic E-state index is 0.00120. The van der Waals surface area contributed by atoms with E-state index in [2.05, 4.69) is 4.99 Å². The summed E-state index contributed by atoms with van der Waals surface area (Å²) in [6, 6.07) is 15.5. The second-order valence-electron chi connectivity index (χ2n) is 7.27. The Kier molecular flexibility index (Phi) is 4.82. The Morgan fingerprint density at radius 1 is 1.00 bits per heavy atom. The number of rotatable bonds is 3. The molecule has 1 heterocycles. The van der Waals surface area contributed by atoms with Crippen LogP contribution in [0.5, 0.6) is 5.75 Å². The highest BCUT2D eigenvalue weighted by molar-refractivity contribution is 7.91. The predicted octanol–water partition coefficient (Wildman–Crippen LogP) is 3.48. The largest absolute Gasteiger partial charge is 0.497 e. The molecule has 3 rings (SSSR count). The first-order valence-corrected chi connectivity index (χ1v) is 10.0. The number of carbonyl (C=O) groups is 1. The van der Waals surface area contributed by atoms with Gasteiger partial charge in [0, 0.05) is 0 Å². The number of nitrogens with zero attached hydrogens (tertiary/aromatic N) is 2. The van der Waals surface area contributed by atoms with Gasteiger partial charge < -0.3 is 4.74 Å². The Morgan fingerprint density at radius 3 is 2.11 bits per heavy atom. The molecule has 1 unspecified atom stereocenters. The van der Waals surface area contributed by atoms with Crippen LogP contribution in [0.2, 0.25) is 0 Å². The van der Waals surface area contributed by atoms with Crippen molar-refractivity contribution in [1.29, 1.82) is 0 Å². The second-order valence-corrected chi connectivity index (χ2v) is 9.14. The first-order valence-electron chi connectivity index (χ1n) is 8.52. The van der Waals surface area contributed by atoms with Gasteiger partial charge in [-0.2, -0.15) is 0 Å². The monoisotopic (exact) mass is 386 g/mol. The minimum atomic E-state index is -3.94. The Morgan fingerprint density at radius 2 is 1.59 bits per heavy atom. The standard InChI is InChI=1S/C20H22N2O4S/c1-20(2,3)22-19(23)17(21-15-10-12-16(26-4)13-11-15)18(27(22,24)25)14-8-6-5-7-9-14/h5-13,18H,1-4H3. The van der Waals surface area contributed by atoms with Gasteiger partial charge in [-0.1, -0.05) is 30.3 Å². The van der Waals surface area contributed by atoms with Crippen molar-refractivity contribution in [2.24, 2.45) is 4.99 Å². The summed E-state index contributed by atoms with van der Waals surface area (Å²) in [5.74, 6) is 0.0624. The number of sulfonamides is 1. The fourth-order valence-electron chi connectivity index (χ4n) is 3.12. The lowest BCUT2D eigenvalue weighted by molar-refractivity contribution is -0.121. The average molecular weight is 386 g/mol.